The lowest BCUT2D eigenvalue weighted by molar-refractivity contribution is 0.0203. The Morgan fingerprint density at radius 2 is 2.04 bits per heavy atom. The highest BCUT2D eigenvalue weighted by Crippen LogP contribution is 2.26. The summed E-state index contributed by atoms with van der Waals surface area (Å²) in [4.78, 5) is 30.4. The lowest BCUT2D eigenvalue weighted by atomic mass is 9.96. The van der Waals surface area contributed by atoms with Gasteiger partial charge in [-0.3, -0.25) is 14.6 Å². The molecule has 0 aromatic carbocycles. The third kappa shape index (κ3) is 5.08. The van der Waals surface area contributed by atoms with Crippen molar-refractivity contribution in [1.82, 2.24) is 35.2 Å². The van der Waals surface area contributed by atoms with E-state index in [-0.39, 0.29) is 24.5 Å². The van der Waals surface area contributed by atoms with Crippen LogP contribution >= 0.6 is 0 Å². The summed E-state index contributed by atoms with van der Waals surface area (Å²) in [6.07, 6.45) is 4.44. The van der Waals surface area contributed by atoms with Crippen LogP contribution in [0.2, 0.25) is 0 Å². The monoisotopic (exact) mass is 389 g/mol. The molecule has 0 aliphatic carbocycles. The number of aromatic nitrogens is 5. The highest BCUT2D eigenvalue weighted by atomic mass is 16.6. The molecule has 10 nitrogen and oxygen atoms in total. The maximum absolute atomic E-state index is 12.1. The molecular formula is C18H27N7O3. The molecular weight excluding hydrogens is 362 g/mol. The summed E-state index contributed by atoms with van der Waals surface area (Å²) in [6, 6.07) is 0. The standard InChI is InChI=1S/C18H27N7O3/c1-18(2,3)28-17(27)25-7-5-12(6-8-25)15-21-14(22-23-15)10-19-16(26)13-9-20-24(4)11-13/h9,11-12H,5-8,10H2,1-4H3,(H,19,26)(H,21,22,23). The fourth-order valence-corrected chi connectivity index (χ4v) is 3.02. The average Bonchev–Trinajstić information content (AvgIpc) is 3.27. The lowest BCUT2D eigenvalue weighted by Crippen LogP contribution is -2.41. The molecule has 1 aliphatic rings. The number of nitrogens with zero attached hydrogens (tertiary/aromatic N) is 5. The number of piperidine rings is 1. The van der Waals surface area contributed by atoms with Gasteiger partial charge in [-0.15, -0.1) is 0 Å². The number of nitrogens with one attached hydrogen (secondary N) is 2. The zero-order valence-corrected chi connectivity index (χ0v) is 16.7. The van der Waals surface area contributed by atoms with Gasteiger partial charge >= 0.3 is 6.09 Å². The predicted molar refractivity (Wildman–Crippen MR) is 101 cm³/mol. The van der Waals surface area contributed by atoms with Gasteiger partial charge in [-0.2, -0.15) is 10.2 Å². The molecule has 3 heterocycles. The summed E-state index contributed by atoms with van der Waals surface area (Å²) in [5, 5.41) is 13.9. The number of amides is 2. The van der Waals surface area contributed by atoms with Crippen LogP contribution in [0.3, 0.4) is 0 Å². The van der Waals surface area contributed by atoms with Gasteiger partial charge in [0, 0.05) is 32.3 Å². The highest BCUT2D eigenvalue weighted by Gasteiger charge is 2.29. The zero-order valence-electron chi connectivity index (χ0n) is 16.7. The van der Waals surface area contributed by atoms with Crippen molar-refractivity contribution >= 4 is 12.0 Å². The van der Waals surface area contributed by atoms with E-state index >= 15 is 0 Å². The van der Waals surface area contributed by atoms with Gasteiger partial charge in [0.25, 0.3) is 5.91 Å². The number of ether oxygens (including phenoxy) is 1. The Hall–Kier alpha value is -2.91. The third-order valence-corrected chi connectivity index (χ3v) is 4.44. The molecule has 0 spiro atoms. The van der Waals surface area contributed by atoms with Gasteiger partial charge in [0.1, 0.15) is 11.4 Å². The molecule has 0 radical (unpaired) electrons. The van der Waals surface area contributed by atoms with Crippen LogP contribution in [0.4, 0.5) is 4.79 Å². The maximum atomic E-state index is 12.1. The van der Waals surface area contributed by atoms with Gasteiger partial charge in [-0.25, -0.2) is 9.78 Å². The van der Waals surface area contributed by atoms with Crippen molar-refractivity contribution in [2.24, 2.45) is 7.05 Å². The first kappa shape index (κ1) is 19.8. The number of likely N-dealkylation sites (tertiary alicyclic amines) is 1. The van der Waals surface area contributed by atoms with Crippen LogP contribution in [-0.4, -0.2) is 60.6 Å². The minimum Gasteiger partial charge on any atom is -0.444 e. The Bertz CT molecular complexity index is 828. The maximum Gasteiger partial charge on any atom is 0.410 e. The van der Waals surface area contributed by atoms with Crippen LogP contribution in [-0.2, 0) is 18.3 Å². The Morgan fingerprint density at radius 3 is 2.64 bits per heavy atom. The van der Waals surface area contributed by atoms with E-state index in [9.17, 15) is 9.59 Å². The molecule has 0 saturated carbocycles. The first-order chi connectivity index (χ1) is 13.2. The van der Waals surface area contributed by atoms with Gasteiger partial charge < -0.3 is 15.0 Å². The molecule has 2 aromatic heterocycles. The molecule has 1 saturated heterocycles. The van der Waals surface area contributed by atoms with E-state index in [0.29, 0.717) is 24.5 Å². The van der Waals surface area contributed by atoms with Crippen LogP contribution in [0.1, 0.15) is 61.5 Å². The van der Waals surface area contributed by atoms with Crippen molar-refractivity contribution in [3.05, 3.63) is 29.6 Å². The first-order valence-electron chi connectivity index (χ1n) is 9.37. The molecule has 2 aromatic rings. The number of hydrogen-bond acceptors (Lipinski definition) is 6. The second-order valence-electron chi connectivity index (χ2n) is 7.97. The summed E-state index contributed by atoms with van der Waals surface area (Å²) < 4.78 is 6.99. The number of rotatable bonds is 4. The van der Waals surface area contributed by atoms with Crippen molar-refractivity contribution in [1.29, 1.82) is 0 Å². The number of aromatic amines is 1. The van der Waals surface area contributed by atoms with Crippen LogP contribution in [0.15, 0.2) is 12.4 Å². The summed E-state index contributed by atoms with van der Waals surface area (Å²) in [6.45, 7) is 7.07. The quantitative estimate of drug-likeness (QED) is 0.820. The van der Waals surface area contributed by atoms with E-state index in [1.807, 2.05) is 20.8 Å². The topological polar surface area (TPSA) is 118 Å². The predicted octanol–water partition coefficient (Wildman–Crippen LogP) is 1.58. The number of hydrogen-bond donors (Lipinski definition) is 2. The number of aryl methyl sites for hydroxylation is 1. The van der Waals surface area contributed by atoms with Crippen molar-refractivity contribution in [3.8, 4) is 0 Å². The van der Waals surface area contributed by atoms with Gasteiger partial charge in [0.2, 0.25) is 0 Å². The Balaban J connectivity index is 1.48. The molecule has 10 heteroatoms. The van der Waals surface area contributed by atoms with E-state index < -0.39 is 5.60 Å². The van der Waals surface area contributed by atoms with Crippen molar-refractivity contribution in [2.45, 2.75) is 51.7 Å². The normalized spacial score (nSPS) is 15.5. The van der Waals surface area contributed by atoms with Crippen molar-refractivity contribution in [3.63, 3.8) is 0 Å². The Labute approximate surface area is 163 Å². The summed E-state index contributed by atoms with van der Waals surface area (Å²) in [7, 11) is 1.76. The van der Waals surface area contributed by atoms with Crippen LogP contribution in [0.25, 0.3) is 0 Å². The van der Waals surface area contributed by atoms with Crippen LogP contribution in [0.5, 0.6) is 0 Å². The minimum atomic E-state index is -0.493. The van der Waals surface area contributed by atoms with Crippen molar-refractivity contribution < 1.29 is 14.3 Å². The molecule has 2 N–H and O–H groups in total. The Morgan fingerprint density at radius 1 is 1.32 bits per heavy atom. The SMILES string of the molecule is Cn1cc(C(=O)NCc2nc(C3CCN(C(=O)OC(C)(C)C)CC3)n[nH]2)cn1. The van der Waals surface area contributed by atoms with Gasteiger partial charge in [-0.1, -0.05) is 0 Å². The molecule has 1 fully saturated rings. The fraction of sp³-hybridized carbons (Fsp3) is 0.611. The van der Waals surface area contributed by atoms with Crippen LogP contribution in [0, 0.1) is 0 Å². The van der Waals surface area contributed by atoms with Crippen LogP contribution < -0.4 is 5.32 Å². The Kier molecular flexibility index (Phi) is 5.66. The summed E-state index contributed by atoms with van der Waals surface area (Å²) in [5.74, 6) is 1.28. The van der Waals surface area contributed by atoms with E-state index in [0.717, 1.165) is 18.7 Å². The average molecular weight is 389 g/mol. The zero-order chi connectivity index (χ0) is 20.3. The summed E-state index contributed by atoms with van der Waals surface area (Å²) in [5.41, 5.74) is 0.00377. The molecule has 3 rings (SSSR count). The van der Waals surface area contributed by atoms with E-state index in [4.69, 9.17) is 4.74 Å². The smallest absolute Gasteiger partial charge is 0.410 e. The number of carbonyl (C=O) groups excluding carboxylic acids is 2. The second-order valence-corrected chi connectivity index (χ2v) is 7.97. The molecule has 0 unspecified atom stereocenters. The van der Waals surface area contributed by atoms with E-state index in [1.165, 1.54) is 6.20 Å². The molecule has 0 atom stereocenters. The van der Waals surface area contributed by atoms with E-state index in [2.05, 4.69) is 25.6 Å². The van der Waals surface area contributed by atoms with Gasteiger partial charge in [-0.05, 0) is 33.6 Å². The first-order valence-corrected chi connectivity index (χ1v) is 9.37. The minimum absolute atomic E-state index is 0.178. The third-order valence-electron chi connectivity index (χ3n) is 4.44. The number of carbonyl (C=O) groups is 2. The summed E-state index contributed by atoms with van der Waals surface area (Å²) >= 11 is 0. The van der Waals surface area contributed by atoms with E-state index in [1.54, 1.807) is 22.8 Å². The largest absolute Gasteiger partial charge is 0.444 e. The molecule has 2 amide bonds. The van der Waals surface area contributed by atoms with Crippen molar-refractivity contribution in [2.75, 3.05) is 13.1 Å². The molecule has 0 bridgehead atoms. The fourth-order valence-electron chi connectivity index (χ4n) is 3.02. The number of H-pyrrole nitrogens is 1. The lowest BCUT2D eigenvalue weighted by Gasteiger charge is -2.32. The van der Waals surface area contributed by atoms with Gasteiger partial charge in [0.05, 0.1) is 18.3 Å². The molecule has 152 valence electrons. The second kappa shape index (κ2) is 7.99. The van der Waals surface area contributed by atoms with Gasteiger partial charge in [0.15, 0.2) is 5.82 Å². The molecule has 28 heavy (non-hydrogen) atoms. The molecule has 1 aliphatic heterocycles. The highest BCUT2D eigenvalue weighted by molar-refractivity contribution is 5.93.